The van der Waals surface area contributed by atoms with Crippen molar-refractivity contribution in [2.24, 2.45) is 0 Å². The van der Waals surface area contributed by atoms with Crippen LogP contribution in [-0.2, 0) is 4.79 Å². The fourth-order valence-corrected chi connectivity index (χ4v) is 2.38. The van der Waals surface area contributed by atoms with Crippen LogP contribution in [0.1, 0.15) is 12.0 Å². The number of ether oxygens (including phenoxy) is 1. The van der Waals surface area contributed by atoms with Crippen LogP contribution >= 0.6 is 12.4 Å². The summed E-state index contributed by atoms with van der Waals surface area (Å²) >= 11 is 0. The Balaban J connectivity index is 0.00000242. The average Bonchev–Trinajstić information content (AvgIpc) is 2.72. The number of benzene rings is 1. The molecular formula is C16H26ClN3O2. The molecule has 0 radical (unpaired) electrons. The summed E-state index contributed by atoms with van der Waals surface area (Å²) in [6.45, 7) is 7.48. The number of rotatable bonds is 6. The summed E-state index contributed by atoms with van der Waals surface area (Å²) < 4.78 is 5.61. The van der Waals surface area contributed by atoms with E-state index in [1.807, 2.05) is 31.2 Å². The van der Waals surface area contributed by atoms with Crippen molar-refractivity contribution < 1.29 is 9.53 Å². The van der Waals surface area contributed by atoms with E-state index in [4.69, 9.17) is 4.74 Å². The van der Waals surface area contributed by atoms with E-state index in [1.54, 1.807) is 0 Å². The van der Waals surface area contributed by atoms with Crippen LogP contribution in [0.25, 0.3) is 0 Å². The van der Waals surface area contributed by atoms with Crippen molar-refractivity contribution in [1.82, 2.24) is 15.5 Å². The van der Waals surface area contributed by atoms with Crippen LogP contribution in [0.3, 0.4) is 0 Å². The summed E-state index contributed by atoms with van der Waals surface area (Å²) in [6.07, 6.45) is 1.10. The minimum absolute atomic E-state index is 0. The second kappa shape index (κ2) is 10.4. The number of halogens is 1. The molecule has 0 aliphatic carbocycles. The Morgan fingerprint density at radius 2 is 2.23 bits per heavy atom. The summed E-state index contributed by atoms with van der Waals surface area (Å²) in [6, 6.07) is 7.92. The number of carbonyl (C=O) groups excluding carboxylic acids is 1. The van der Waals surface area contributed by atoms with Crippen LogP contribution in [-0.4, -0.2) is 56.7 Å². The van der Waals surface area contributed by atoms with Gasteiger partial charge >= 0.3 is 0 Å². The maximum Gasteiger partial charge on any atom is 0.234 e. The van der Waals surface area contributed by atoms with E-state index >= 15 is 0 Å². The van der Waals surface area contributed by atoms with Crippen LogP contribution in [0.4, 0.5) is 0 Å². The van der Waals surface area contributed by atoms with Crippen molar-refractivity contribution in [1.29, 1.82) is 0 Å². The van der Waals surface area contributed by atoms with Crippen molar-refractivity contribution in [2.45, 2.75) is 13.3 Å². The van der Waals surface area contributed by atoms with Gasteiger partial charge in [-0.1, -0.05) is 12.1 Å². The third-order valence-electron chi connectivity index (χ3n) is 3.48. The molecule has 2 N–H and O–H groups in total. The number of nitrogens with one attached hydrogen (secondary N) is 2. The lowest BCUT2D eigenvalue weighted by atomic mass is 10.2. The second-order valence-electron chi connectivity index (χ2n) is 5.39. The topological polar surface area (TPSA) is 53.6 Å². The fourth-order valence-electron chi connectivity index (χ4n) is 2.38. The first kappa shape index (κ1) is 18.7. The first-order valence-electron chi connectivity index (χ1n) is 7.63. The number of hydrogen-bond acceptors (Lipinski definition) is 4. The highest BCUT2D eigenvalue weighted by atomic mass is 35.5. The molecule has 0 saturated carbocycles. The van der Waals surface area contributed by atoms with Gasteiger partial charge in [-0.25, -0.2) is 0 Å². The third kappa shape index (κ3) is 7.11. The molecule has 0 unspecified atom stereocenters. The Kier molecular flexibility index (Phi) is 8.89. The van der Waals surface area contributed by atoms with Gasteiger partial charge in [-0.3, -0.25) is 9.69 Å². The molecule has 5 nitrogen and oxygen atoms in total. The molecule has 1 saturated heterocycles. The SMILES string of the molecule is Cc1cccc(OCCNC(=O)CN2CCCNCC2)c1.Cl. The van der Waals surface area contributed by atoms with Gasteiger partial charge in [0.2, 0.25) is 5.91 Å². The van der Waals surface area contributed by atoms with E-state index in [-0.39, 0.29) is 18.3 Å². The normalized spacial score (nSPS) is 15.5. The molecule has 1 aromatic rings. The lowest BCUT2D eigenvalue weighted by molar-refractivity contribution is -0.122. The Labute approximate surface area is 138 Å². The zero-order chi connectivity index (χ0) is 14.9. The predicted molar refractivity (Wildman–Crippen MR) is 90.9 cm³/mol. The van der Waals surface area contributed by atoms with Gasteiger partial charge in [-0.15, -0.1) is 12.4 Å². The summed E-state index contributed by atoms with van der Waals surface area (Å²) in [5.41, 5.74) is 1.17. The maximum absolute atomic E-state index is 11.9. The summed E-state index contributed by atoms with van der Waals surface area (Å²) in [5, 5.41) is 6.24. The van der Waals surface area contributed by atoms with Crippen molar-refractivity contribution in [3.05, 3.63) is 29.8 Å². The highest BCUT2D eigenvalue weighted by Crippen LogP contribution is 2.11. The summed E-state index contributed by atoms with van der Waals surface area (Å²) in [5.74, 6) is 0.924. The second-order valence-corrected chi connectivity index (χ2v) is 5.39. The van der Waals surface area contributed by atoms with Crippen LogP contribution in [0, 0.1) is 6.92 Å². The highest BCUT2D eigenvalue weighted by Gasteiger charge is 2.12. The lowest BCUT2D eigenvalue weighted by Crippen LogP contribution is -2.40. The molecule has 0 bridgehead atoms. The lowest BCUT2D eigenvalue weighted by Gasteiger charge is -2.18. The van der Waals surface area contributed by atoms with Crippen LogP contribution < -0.4 is 15.4 Å². The highest BCUT2D eigenvalue weighted by molar-refractivity contribution is 5.85. The van der Waals surface area contributed by atoms with Gasteiger partial charge < -0.3 is 15.4 Å². The number of carbonyl (C=O) groups is 1. The minimum atomic E-state index is 0. The number of aryl methyl sites for hydroxylation is 1. The van der Waals surface area contributed by atoms with Gasteiger partial charge in [-0.05, 0) is 44.1 Å². The molecule has 2 rings (SSSR count). The third-order valence-corrected chi connectivity index (χ3v) is 3.48. The quantitative estimate of drug-likeness (QED) is 0.771. The van der Waals surface area contributed by atoms with E-state index in [0.717, 1.165) is 38.3 Å². The molecule has 1 fully saturated rings. The molecule has 6 heteroatoms. The molecule has 1 aliphatic heterocycles. The molecule has 0 atom stereocenters. The minimum Gasteiger partial charge on any atom is -0.492 e. The van der Waals surface area contributed by atoms with E-state index in [9.17, 15) is 4.79 Å². The van der Waals surface area contributed by atoms with Crippen LogP contribution in [0.15, 0.2) is 24.3 Å². The fraction of sp³-hybridized carbons (Fsp3) is 0.562. The summed E-state index contributed by atoms with van der Waals surface area (Å²) in [7, 11) is 0. The number of hydrogen-bond donors (Lipinski definition) is 2. The van der Waals surface area contributed by atoms with Gasteiger partial charge in [-0.2, -0.15) is 0 Å². The van der Waals surface area contributed by atoms with E-state index in [2.05, 4.69) is 15.5 Å². The van der Waals surface area contributed by atoms with Crippen LogP contribution in [0.2, 0.25) is 0 Å². The molecule has 1 aromatic carbocycles. The smallest absolute Gasteiger partial charge is 0.234 e. The van der Waals surface area contributed by atoms with Gasteiger partial charge in [0.15, 0.2) is 0 Å². The first-order chi connectivity index (χ1) is 10.2. The maximum atomic E-state index is 11.9. The first-order valence-corrected chi connectivity index (χ1v) is 7.63. The van der Waals surface area contributed by atoms with Crippen LogP contribution in [0.5, 0.6) is 5.75 Å². The van der Waals surface area contributed by atoms with Gasteiger partial charge in [0.25, 0.3) is 0 Å². The Hall–Kier alpha value is -1.30. The zero-order valence-electron chi connectivity index (χ0n) is 13.1. The molecule has 22 heavy (non-hydrogen) atoms. The molecule has 1 aliphatic rings. The van der Waals surface area contributed by atoms with Gasteiger partial charge in [0.1, 0.15) is 12.4 Å². The largest absolute Gasteiger partial charge is 0.492 e. The van der Waals surface area contributed by atoms with Gasteiger partial charge in [0, 0.05) is 13.1 Å². The Morgan fingerprint density at radius 3 is 3.05 bits per heavy atom. The van der Waals surface area contributed by atoms with Crippen molar-refractivity contribution in [2.75, 3.05) is 45.9 Å². The molecular weight excluding hydrogens is 302 g/mol. The number of nitrogens with zero attached hydrogens (tertiary/aromatic N) is 1. The van der Waals surface area contributed by atoms with E-state index in [0.29, 0.717) is 19.7 Å². The molecule has 1 heterocycles. The van der Waals surface area contributed by atoms with Crippen molar-refractivity contribution in [3.63, 3.8) is 0 Å². The standard InChI is InChI=1S/C16H25N3O2.ClH/c1-14-4-2-5-15(12-14)21-11-8-18-16(20)13-19-9-3-6-17-7-10-19;/h2,4-5,12,17H,3,6-11,13H2,1H3,(H,18,20);1H. The zero-order valence-corrected chi connectivity index (χ0v) is 14.0. The van der Waals surface area contributed by atoms with Gasteiger partial charge in [0.05, 0.1) is 13.1 Å². The molecule has 1 amide bonds. The monoisotopic (exact) mass is 327 g/mol. The van der Waals surface area contributed by atoms with E-state index in [1.165, 1.54) is 5.56 Å². The van der Waals surface area contributed by atoms with E-state index < -0.39 is 0 Å². The Morgan fingerprint density at radius 1 is 1.36 bits per heavy atom. The molecule has 124 valence electrons. The number of amides is 1. The Bertz CT molecular complexity index is 449. The van der Waals surface area contributed by atoms with Crippen molar-refractivity contribution >= 4 is 18.3 Å². The predicted octanol–water partition coefficient (Wildman–Crippen LogP) is 1.21. The molecule has 0 aromatic heterocycles. The van der Waals surface area contributed by atoms with Crippen molar-refractivity contribution in [3.8, 4) is 5.75 Å². The molecule has 0 spiro atoms. The average molecular weight is 328 g/mol. The summed E-state index contributed by atoms with van der Waals surface area (Å²) in [4.78, 5) is 14.1.